The molecular weight excluding hydrogens is 146 g/mol. The van der Waals surface area contributed by atoms with E-state index in [1.165, 1.54) is 19.4 Å². The van der Waals surface area contributed by atoms with Gasteiger partial charge in [0.2, 0.25) is 0 Å². The molecule has 0 radical (unpaired) electrons. The first-order chi connectivity index (χ1) is 5.61. The van der Waals surface area contributed by atoms with E-state index >= 15 is 0 Å². The second-order valence-corrected chi connectivity index (χ2v) is 4.12. The summed E-state index contributed by atoms with van der Waals surface area (Å²) >= 11 is 0. The smallest absolute Gasteiger partial charge is 0.00618 e. The maximum absolute atomic E-state index is 3.58. The van der Waals surface area contributed by atoms with Gasteiger partial charge in [-0.3, -0.25) is 0 Å². The molecule has 0 saturated carbocycles. The summed E-state index contributed by atoms with van der Waals surface area (Å²) in [5, 5.41) is 3.58. The van der Waals surface area contributed by atoms with Crippen LogP contribution in [0.25, 0.3) is 0 Å². The summed E-state index contributed by atoms with van der Waals surface area (Å²) in [6, 6.07) is 0.658. The van der Waals surface area contributed by atoms with E-state index in [1.807, 2.05) is 0 Å². The fraction of sp³-hybridized carbons (Fsp3) is 1.00. The summed E-state index contributed by atoms with van der Waals surface area (Å²) in [5.41, 5.74) is 0. The van der Waals surface area contributed by atoms with Gasteiger partial charge in [0.25, 0.3) is 0 Å². The molecular formula is C11H25N. The molecule has 0 rings (SSSR count). The molecule has 0 aromatic heterocycles. The molecule has 0 aliphatic carbocycles. The summed E-state index contributed by atoms with van der Waals surface area (Å²) < 4.78 is 0. The van der Waals surface area contributed by atoms with Gasteiger partial charge in [-0.1, -0.05) is 40.5 Å². The van der Waals surface area contributed by atoms with Gasteiger partial charge in [0, 0.05) is 6.04 Å². The molecule has 0 aliphatic heterocycles. The Morgan fingerprint density at radius 3 is 1.83 bits per heavy atom. The van der Waals surface area contributed by atoms with Crippen molar-refractivity contribution >= 4 is 0 Å². The van der Waals surface area contributed by atoms with Crippen LogP contribution in [0.15, 0.2) is 0 Å². The Hall–Kier alpha value is -0.0400. The highest BCUT2D eigenvalue weighted by Crippen LogP contribution is 2.07. The van der Waals surface area contributed by atoms with Gasteiger partial charge in [-0.2, -0.15) is 0 Å². The third-order valence-corrected chi connectivity index (χ3v) is 2.88. The van der Waals surface area contributed by atoms with Gasteiger partial charge in [-0.05, 0) is 25.3 Å². The number of rotatable bonds is 6. The number of hydrogen-bond acceptors (Lipinski definition) is 1. The minimum absolute atomic E-state index is 0.658. The summed E-state index contributed by atoms with van der Waals surface area (Å²) in [4.78, 5) is 0. The lowest BCUT2D eigenvalue weighted by atomic mass is 10.0. The van der Waals surface area contributed by atoms with Crippen molar-refractivity contribution in [2.24, 2.45) is 11.8 Å². The lowest BCUT2D eigenvalue weighted by Crippen LogP contribution is -2.34. The van der Waals surface area contributed by atoms with E-state index in [-0.39, 0.29) is 0 Å². The molecule has 0 fully saturated rings. The van der Waals surface area contributed by atoms with Crippen LogP contribution in [0.5, 0.6) is 0 Å². The molecule has 0 bridgehead atoms. The predicted octanol–water partition coefficient (Wildman–Crippen LogP) is 3.06. The zero-order chi connectivity index (χ0) is 9.56. The normalized spacial score (nSPS) is 14.2. The highest BCUT2D eigenvalue weighted by Gasteiger charge is 2.08. The van der Waals surface area contributed by atoms with Crippen molar-refractivity contribution < 1.29 is 0 Å². The molecule has 0 saturated heterocycles. The molecule has 1 N–H and O–H groups in total. The van der Waals surface area contributed by atoms with Gasteiger partial charge in [0.05, 0.1) is 0 Å². The standard InChI is InChI=1S/C11H25N/c1-6-11(7-2)8-12-10(5)9(3)4/h9-12H,6-8H2,1-5H3. The van der Waals surface area contributed by atoms with E-state index in [0.29, 0.717) is 6.04 Å². The lowest BCUT2D eigenvalue weighted by Gasteiger charge is -2.21. The van der Waals surface area contributed by atoms with Gasteiger partial charge in [0.1, 0.15) is 0 Å². The van der Waals surface area contributed by atoms with Crippen molar-refractivity contribution in [3.8, 4) is 0 Å². The van der Waals surface area contributed by atoms with Crippen LogP contribution in [0.2, 0.25) is 0 Å². The summed E-state index contributed by atoms with van der Waals surface area (Å²) in [7, 11) is 0. The molecule has 0 aromatic rings. The first kappa shape index (κ1) is 12.0. The first-order valence-electron chi connectivity index (χ1n) is 5.35. The molecule has 0 aromatic carbocycles. The Labute approximate surface area is 77.9 Å². The van der Waals surface area contributed by atoms with E-state index < -0.39 is 0 Å². The average Bonchev–Trinajstić information content (AvgIpc) is 2.05. The fourth-order valence-corrected chi connectivity index (χ4v) is 1.17. The molecule has 0 amide bonds. The van der Waals surface area contributed by atoms with E-state index in [9.17, 15) is 0 Å². The van der Waals surface area contributed by atoms with Crippen LogP contribution in [0.1, 0.15) is 47.5 Å². The predicted molar refractivity (Wildman–Crippen MR) is 56.4 cm³/mol. The van der Waals surface area contributed by atoms with Crippen molar-refractivity contribution in [3.05, 3.63) is 0 Å². The van der Waals surface area contributed by atoms with Gasteiger partial charge >= 0.3 is 0 Å². The van der Waals surface area contributed by atoms with Crippen LogP contribution in [-0.2, 0) is 0 Å². The Morgan fingerprint density at radius 1 is 1.00 bits per heavy atom. The maximum atomic E-state index is 3.58. The second-order valence-electron chi connectivity index (χ2n) is 4.12. The Balaban J connectivity index is 3.51. The average molecular weight is 171 g/mol. The molecule has 1 atom stereocenters. The summed E-state index contributed by atoms with van der Waals surface area (Å²) in [6.07, 6.45) is 2.60. The molecule has 1 nitrogen and oxygen atoms in total. The van der Waals surface area contributed by atoms with E-state index in [4.69, 9.17) is 0 Å². The quantitative estimate of drug-likeness (QED) is 0.647. The minimum atomic E-state index is 0.658. The zero-order valence-electron chi connectivity index (χ0n) is 9.35. The van der Waals surface area contributed by atoms with Crippen LogP contribution in [0.4, 0.5) is 0 Å². The van der Waals surface area contributed by atoms with Crippen molar-refractivity contribution in [1.82, 2.24) is 5.32 Å². The molecule has 0 spiro atoms. The molecule has 1 unspecified atom stereocenters. The monoisotopic (exact) mass is 171 g/mol. The molecule has 1 heteroatoms. The largest absolute Gasteiger partial charge is 0.314 e. The first-order valence-corrected chi connectivity index (χ1v) is 5.35. The van der Waals surface area contributed by atoms with Gasteiger partial charge in [0.15, 0.2) is 0 Å². The lowest BCUT2D eigenvalue weighted by molar-refractivity contribution is 0.369. The molecule has 0 aliphatic rings. The van der Waals surface area contributed by atoms with Crippen molar-refractivity contribution in [3.63, 3.8) is 0 Å². The van der Waals surface area contributed by atoms with Crippen LogP contribution in [0, 0.1) is 11.8 Å². The summed E-state index contributed by atoms with van der Waals surface area (Å²) in [6.45, 7) is 12.5. The van der Waals surface area contributed by atoms with E-state index in [0.717, 1.165) is 11.8 Å². The highest BCUT2D eigenvalue weighted by atomic mass is 14.9. The van der Waals surface area contributed by atoms with Crippen molar-refractivity contribution in [2.75, 3.05) is 6.54 Å². The topological polar surface area (TPSA) is 12.0 Å². The van der Waals surface area contributed by atoms with Crippen LogP contribution in [-0.4, -0.2) is 12.6 Å². The van der Waals surface area contributed by atoms with Crippen LogP contribution >= 0.6 is 0 Å². The maximum Gasteiger partial charge on any atom is 0.00618 e. The third kappa shape index (κ3) is 4.76. The molecule has 12 heavy (non-hydrogen) atoms. The summed E-state index contributed by atoms with van der Waals surface area (Å²) in [5.74, 6) is 1.62. The van der Waals surface area contributed by atoms with Crippen molar-refractivity contribution in [1.29, 1.82) is 0 Å². The van der Waals surface area contributed by atoms with Gasteiger partial charge in [-0.15, -0.1) is 0 Å². The Morgan fingerprint density at radius 2 is 1.50 bits per heavy atom. The molecule has 0 heterocycles. The number of hydrogen-bond donors (Lipinski definition) is 1. The Bertz CT molecular complexity index is 93.2. The van der Waals surface area contributed by atoms with E-state index in [1.54, 1.807) is 0 Å². The van der Waals surface area contributed by atoms with E-state index in [2.05, 4.69) is 39.9 Å². The molecule has 74 valence electrons. The number of nitrogens with one attached hydrogen (secondary N) is 1. The minimum Gasteiger partial charge on any atom is -0.314 e. The van der Waals surface area contributed by atoms with Crippen LogP contribution in [0.3, 0.4) is 0 Å². The Kier molecular flexibility index (Phi) is 6.45. The highest BCUT2D eigenvalue weighted by molar-refractivity contribution is 4.67. The zero-order valence-corrected chi connectivity index (χ0v) is 9.35. The third-order valence-electron chi connectivity index (χ3n) is 2.88. The van der Waals surface area contributed by atoms with Crippen molar-refractivity contribution in [2.45, 2.75) is 53.5 Å². The van der Waals surface area contributed by atoms with Crippen LogP contribution < -0.4 is 5.32 Å². The SMILES string of the molecule is CCC(CC)CNC(C)C(C)C. The van der Waals surface area contributed by atoms with Gasteiger partial charge < -0.3 is 5.32 Å². The second kappa shape index (κ2) is 6.47. The fourth-order valence-electron chi connectivity index (χ4n) is 1.17. The van der Waals surface area contributed by atoms with Gasteiger partial charge in [-0.25, -0.2) is 0 Å².